The van der Waals surface area contributed by atoms with Crippen molar-refractivity contribution in [1.29, 1.82) is 0 Å². The number of amides is 4. The lowest BCUT2D eigenvalue weighted by Gasteiger charge is -2.27. The molecule has 0 saturated carbocycles. The predicted octanol–water partition coefficient (Wildman–Crippen LogP) is 3.69. The Bertz CT molecular complexity index is 1890. The van der Waals surface area contributed by atoms with Crippen LogP contribution in [0, 0.1) is 0 Å². The average molecular weight is 717 g/mol. The minimum atomic E-state index is -0.873. The van der Waals surface area contributed by atoms with Crippen LogP contribution < -0.4 is 10.6 Å². The van der Waals surface area contributed by atoms with Crippen LogP contribution in [-0.4, -0.2) is 121 Å². The van der Waals surface area contributed by atoms with Crippen molar-refractivity contribution < 1.29 is 38.1 Å². The van der Waals surface area contributed by atoms with E-state index in [0.29, 0.717) is 24.7 Å². The second kappa shape index (κ2) is 16.2. The van der Waals surface area contributed by atoms with Crippen molar-refractivity contribution in [2.45, 2.75) is 49.9 Å². The van der Waals surface area contributed by atoms with Gasteiger partial charge >= 0.3 is 12.2 Å². The summed E-state index contributed by atoms with van der Waals surface area (Å²) in [7, 11) is 5.45. The van der Waals surface area contributed by atoms with Gasteiger partial charge in [0.15, 0.2) is 0 Å². The Hall–Kier alpha value is -5.48. The number of hydrogen-bond acceptors (Lipinski definition) is 10. The zero-order chi connectivity index (χ0) is 36.8. The molecule has 2 aromatic carbocycles. The van der Waals surface area contributed by atoms with Gasteiger partial charge in [-0.25, -0.2) is 19.6 Å². The van der Waals surface area contributed by atoms with Crippen molar-refractivity contribution in [3.8, 4) is 22.4 Å². The van der Waals surface area contributed by atoms with Crippen LogP contribution in [0.1, 0.15) is 49.4 Å². The molecular formula is C36H44N8O8. The van der Waals surface area contributed by atoms with E-state index in [2.05, 4.69) is 30.3 Å². The topological polar surface area (TPSA) is 193 Å². The molecule has 16 nitrogen and oxygen atoms in total. The molecule has 4 aromatic rings. The molecule has 0 bridgehead atoms. The maximum absolute atomic E-state index is 13.4. The normalized spacial score (nSPS) is 18.3. The predicted molar refractivity (Wildman–Crippen MR) is 189 cm³/mol. The maximum Gasteiger partial charge on any atom is 0.407 e. The molecule has 4 amide bonds. The number of H-pyrrole nitrogens is 2. The Morgan fingerprint density at radius 2 is 1.29 bits per heavy atom. The monoisotopic (exact) mass is 716 g/mol. The van der Waals surface area contributed by atoms with Crippen LogP contribution in [0.3, 0.4) is 0 Å². The summed E-state index contributed by atoms with van der Waals surface area (Å²) in [6, 6.07) is 11.9. The standard InChI is InChI=1S/C36H44N8O8/c1-49-19-27(41-35(47)51-3)33(45)43-15-5-7-29(43)31-37-18-26(40-31)22-11-9-21(10-12-22)23-13-14-24-25(17-23)39-32(38-24)30-8-6-16-44(30)34(46)28(20-50-2)42-36(48)52-4/h9-14,17-18,27-30H,5-8,15-16,19-20H2,1-4H3,(H,37,40)(H,38,39)(H,41,47)(H,42,48)/t27-,28-,29-,30-/m0/s1. The SMILES string of the molecule is COC[C@H](NC(=O)OC)C(=O)N1CCC[C@H]1c1ncc(-c2ccc(-c3ccc4nc([C@@H]5CCCN5C(=O)[C@H](COC)NC(=O)OC)[nH]c4c3)cc2)[nH]1. The molecule has 276 valence electrons. The highest BCUT2D eigenvalue weighted by Gasteiger charge is 2.38. The van der Waals surface area contributed by atoms with Crippen LogP contribution >= 0.6 is 0 Å². The molecule has 2 fully saturated rings. The third-order valence-electron chi connectivity index (χ3n) is 9.55. The highest BCUT2D eigenvalue weighted by molar-refractivity contribution is 5.87. The van der Waals surface area contributed by atoms with Gasteiger partial charge in [-0.2, -0.15) is 0 Å². The molecular weight excluding hydrogens is 672 g/mol. The van der Waals surface area contributed by atoms with Gasteiger partial charge in [0.25, 0.3) is 0 Å². The van der Waals surface area contributed by atoms with Crippen molar-refractivity contribution in [1.82, 2.24) is 40.4 Å². The van der Waals surface area contributed by atoms with Crippen LogP contribution in [0.4, 0.5) is 9.59 Å². The van der Waals surface area contributed by atoms with Gasteiger partial charge in [0.1, 0.15) is 23.7 Å². The van der Waals surface area contributed by atoms with E-state index in [-0.39, 0.29) is 37.1 Å². The van der Waals surface area contributed by atoms with E-state index in [9.17, 15) is 19.2 Å². The van der Waals surface area contributed by atoms with Gasteiger partial charge in [-0.3, -0.25) is 9.59 Å². The molecule has 0 spiro atoms. The van der Waals surface area contributed by atoms with Crippen molar-refractivity contribution >= 4 is 35.0 Å². The first-order chi connectivity index (χ1) is 25.2. The number of imidazole rings is 2. The highest BCUT2D eigenvalue weighted by Crippen LogP contribution is 2.35. The van der Waals surface area contributed by atoms with E-state index in [1.807, 2.05) is 42.5 Å². The zero-order valence-corrected chi connectivity index (χ0v) is 29.6. The van der Waals surface area contributed by atoms with Crippen LogP contribution in [0.25, 0.3) is 33.4 Å². The van der Waals surface area contributed by atoms with Gasteiger partial charge < -0.3 is 49.3 Å². The summed E-state index contributed by atoms with van der Waals surface area (Å²) in [5.74, 6) is 0.861. The zero-order valence-electron chi connectivity index (χ0n) is 29.6. The number of carbonyl (C=O) groups excluding carboxylic acids is 4. The molecule has 2 aliphatic rings. The molecule has 0 radical (unpaired) electrons. The Morgan fingerprint density at radius 1 is 0.750 bits per heavy atom. The lowest BCUT2D eigenvalue weighted by atomic mass is 10.0. The van der Waals surface area contributed by atoms with Crippen molar-refractivity contribution in [3.63, 3.8) is 0 Å². The van der Waals surface area contributed by atoms with Gasteiger partial charge in [-0.05, 0) is 54.5 Å². The largest absolute Gasteiger partial charge is 0.453 e. The van der Waals surface area contributed by atoms with E-state index < -0.39 is 24.3 Å². The van der Waals surface area contributed by atoms with Crippen LogP contribution in [0.5, 0.6) is 0 Å². The summed E-state index contributed by atoms with van der Waals surface area (Å²) < 4.78 is 19.8. The minimum absolute atomic E-state index is 0.0223. The Kier molecular flexibility index (Phi) is 11.3. The number of likely N-dealkylation sites (tertiary alicyclic amines) is 2. The van der Waals surface area contributed by atoms with Gasteiger partial charge in [-0.1, -0.05) is 30.3 Å². The number of benzene rings is 2. The summed E-state index contributed by atoms with van der Waals surface area (Å²) in [5.41, 5.74) is 5.39. The van der Waals surface area contributed by atoms with E-state index in [4.69, 9.17) is 19.2 Å². The molecule has 4 N–H and O–H groups in total. The van der Waals surface area contributed by atoms with Crippen LogP contribution in [0.2, 0.25) is 0 Å². The third-order valence-corrected chi connectivity index (χ3v) is 9.55. The quantitative estimate of drug-likeness (QED) is 0.168. The second-order valence-electron chi connectivity index (χ2n) is 12.8. The van der Waals surface area contributed by atoms with Crippen molar-refractivity contribution in [2.75, 3.05) is 54.7 Å². The fraction of sp³-hybridized carbons (Fsp3) is 0.444. The van der Waals surface area contributed by atoms with Crippen molar-refractivity contribution in [3.05, 3.63) is 60.3 Å². The van der Waals surface area contributed by atoms with Gasteiger partial charge in [0, 0.05) is 27.3 Å². The third kappa shape index (κ3) is 7.72. The number of ether oxygens (including phenoxy) is 4. The van der Waals surface area contributed by atoms with Gasteiger partial charge in [-0.15, -0.1) is 0 Å². The molecule has 6 rings (SSSR count). The number of aromatic nitrogens is 4. The second-order valence-corrected chi connectivity index (χ2v) is 12.8. The summed E-state index contributed by atoms with van der Waals surface area (Å²) >= 11 is 0. The molecule has 52 heavy (non-hydrogen) atoms. The fourth-order valence-electron chi connectivity index (χ4n) is 6.98. The lowest BCUT2D eigenvalue weighted by Crippen LogP contribution is -2.50. The number of nitrogens with zero attached hydrogens (tertiary/aromatic N) is 4. The van der Waals surface area contributed by atoms with Gasteiger partial charge in [0.2, 0.25) is 11.8 Å². The van der Waals surface area contributed by atoms with Crippen molar-refractivity contribution in [2.24, 2.45) is 0 Å². The Morgan fingerprint density at radius 3 is 1.85 bits per heavy atom. The molecule has 4 heterocycles. The first-order valence-corrected chi connectivity index (χ1v) is 17.2. The number of rotatable bonds is 12. The smallest absolute Gasteiger partial charge is 0.407 e. The van der Waals surface area contributed by atoms with E-state index in [1.165, 1.54) is 28.4 Å². The molecule has 0 aliphatic carbocycles. The number of aromatic amines is 2. The summed E-state index contributed by atoms with van der Waals surface area (Å²) in [5, 5.41) is 5.13. The summed E-state index contributed by atoms with van der Waals surface area (Å²) in [6.07, 6.45) is 3.47. The molecule has 2 aromatic heterocycles. The van der Waals surface area contributed by atoms with E-state index >= 15 is 0 Å². The number of carbonyl (C=O) groups is 4. The highest BCUT2D eigenvalue weighted by atomic mass is 16.5. The Balaban J connectivity index is 1.15. The van der Waals surface area contributed by atoms with Crippen LogP contribution in [-0.2, 0) is 28.5 Å². The number of nitrogens with one attached hydrogen (secondary N) is 4. The molecule has 2 aliphatic heterocycles. The van der Waals surface area contributed by atoms with E-state index in [1.54, 1.807) is 16.0 Å². The molecule has 0 unspecified atom stereocenters. The molecule has 4 atom stereocenters. The Labute approximate surface area is 300 Å². The first-order valence-electron chi connectivity index (χ1n) is 17.2. The van der Waals surface area contributed by atoms with Gasteiger partial charge in [0.05, 0.1) is 62.4 Å². The summed E-state index contributed by atoms with van der Waals surface area (Å²) in [6.45, 7) is 1.13. The number of hydrogen-bond donors (Lipinski definition) is 4. The molecule has 2 saturated heterocycles. The fourth-order valence-corrected chi connectivity index (χ4v) is 6.98. The maximum atomic E-state index is 13.4. The minimum Gasteiger partial charge on any atom is -0.453 e. The number of fused-ring (bicyclic) bond motifs is 1. The lowest BCUT2D eigenvalue weighted by molar-refractivity contribution is -0.136. The summed E-state index contributed by atoms with van der Waals surface area (Å²) in [4.78, 5) is 70.3. The number of methoxy groups -OCH3 is 4. The van der Waals surface area contributed by atoms with Crippen LogP contribution in [0.15, 0.2) is 48.7 Å². The van der Waals surface area contributed by atoms with E-state index in [0.717, 1.165) is 59.1 Å². The average Bonchev–Trinajstić information content (AvgIpc) is 3.99. The molecule has 16 heteroatoms. The number of alkyl carbamates (subject to hydrolysis) is 2. The first kappa shape index (κ1) is 36.3.